The molecule has 0 amide bonds. The Hall–Kier alpha value is -2.83. The van der Waals surface area contributed by atoms with E-state index in [0.717, 1.165) is 16.7 Å². The summed E-state index contributed by atoms with van der Waals surface area (Å²) in [5.74, 6) is 1.36. The molecule has 146 valence electrons. The summed E-state index contributed by atoms with van der Waals surface area (Å²) in [6.07, 6.45) is 0. The first-order chi connectivity index (χ1) is 13.4. The number of aryl methyl sites for hydroxylation is 1. The van der Waals surface area contributed by atoms with Gasteiger partial charge in [0, 0.05) is 0 Å². The normalized spacial score (nSPS) is 12.4. The summed E-state index contributed by atoms with van der Waals surface area (Å²) in [4.78, 5) is 0.222. The average Bonchev–Trinajstić information content (AvgIpc) is 2.72. The second kappa shape index (κ2) is 8.46. The molecule has 0 radical (unpaired) electrons. The van der Waals surface area contributed by atoms with Crippen LogP contribution in [0.4, 0.5) is 0 Å². The van der Waals surface area contributed by atoms with Crippen LogP contribution in [0.15, 0.2) is 77.7 Å². The van der Waals surface area contributed by atoms with Crippen molar-refractivity contribution < 1.29 is 17.9 Å². The second-order valence-corrected chi connectivity index (χ2v) is 8.13. The third kappa shape index (κ3) is 4.52. The molecule has 0 aromatic heterocycles. The number of sulfonamides is 1. The Morgan fingerprint density at radius 1 is 0.786 bits per heavy atom. The highest BCUT2D eigenvalue weighted by Gasteiger charge is 2.23. The van der Waals surface area contributed by atoms with Gasteiger partial charge in [0.1, 0.15) is 11.5 Å². The van der Waals surface area contributed by atoms with E-state index in [2.05, 4.69) is 4.72 Å². The molecule has 0 saturated heterocycles. The van der Waals surface area contributed by atoms with Gasteiger partial charge in [-0.25, -0.2) is 8.42 Å². The van der Waals surface area contributed by atoms with Crippen molar-refractivity contribution in [2.75, 3.05) is 14.2 Å². The van der Waals surface area contributed by atoms with Crippen molar-refractivity contribution in [2.24, 2.45) is 0 Å². The zero-order valence-electron chi connectivity index (χ0n) is 16.0. The first-order valence-corrected chi connectivity index (χ1v) is 10.3. The number of nitrogens with one attached hydrogen (secondary N) is 1. The number of ether oxygens (including phenoxy) is 2. The number of rotatable bonds is 7. The van der Waals surface area contributed by atoms with E-state index in [1.54, 1.807) is 38.5 Å². The van der Waals surface area contributed by atoms with Gasteiger partial charge in [0.2, 0.25) is 10.0 Å². The smallest absolute Gasteiger partial charge is 0.241 e. The van der Waals surface area contributed by atoms with Crippen LogP contribution in [0.2, 0.25) is 0 Å². The summed E-state index contributed by atoms with van der Waals surface area (Å²) in [5.41, 5.74) is 2.57. The molecule has 0 aliphatic carbocycles. The van der Waals surface area contributed by atoms with Crippen LogP contribution in [-0.2, 0) is 10.0 Å². The summed E-state index contributed by atoms with van der Waals surface area (Å²) in [6, 6.07) is 20.9. The van der Waals surface area contributed by atoms with Crippen LogP contribution >= 0.6 is 0 Å². The van der Waals surface area contributed by atoms with E-state index >= 15 is 0 Å². The molecule has 5 nitrogen and oxygen atoms in total. The zero-order chi connectivity index (χ0) is 20.1. The average molecular weight is 397 g/mol. The maximum Gasteiger partial charge on any atom is 0.241 e. The van der Waals surface area contributed by atoms with Crippen molar-refractivity contribution in [1.29, 1.82) is 0 Å². The van der Waals surface area contributed by atoms with Gasteiger partial charge in [0.15, 0.2) is 0 Å². The topological polar surface area (TPSA) is 64.6 Å². The zero-order valence-corrected chi connectivity index (χ0v) is 16.9. The van der Waals surface area contributed by atoms with E-state index in [0.29, 0.717) is 11.5 Å². The Morgan fingerprint density at radius 3 is 2.04 bits per heavy atom. The van der Waals surface area contributed by atoms with Gasteiger partial charge in [-0.05, 0) is 54.4 Å². The summed E-state index contributed by atoms with van der Waals surface area (Å²) < 4.78 is 39.4. The van der Waals surface area contributed by atoms with Crippen LogP contribution < -0.4 is 14.2 Å². The quantitative estimate of drug-likeness (QED) is 0.652. The van der Waals surface area contributed by atoms with Crippen molar-refractivity contribution in [2.45, 2.75) is 17.9 Å². The molecule has 3 rings (SSSR count). The highest BCUT2D eigenvalue weighted by molar-refractivity contribution is 7.89. The largest absolute Gasteiger partial charge is 0.497 e. The van der Waals surface area contributed by atoms with Gasteiger partial charge in [-0.1, -0.05) is 42.0 Å². The van der Waals surface area contributed by atoms with Gasteiger partial charge in [-0.3, -0.25) is 0 Å². The predicted molar refractivity (Wildman–Crippen MR) is 109 cm³/mol. The molecule has 0 unspecified atom stereocenters. The van der Waals surface area contributed by atoms with E-state index in [9.17, 15) is 8.42 Å². The number of benzene rings is 3. The van der Waals surface area contributed by atoms with Crippen LogP contribution in [-0.4, -0.2) is 22.6 Å². The lowest BCUT2D eigenvalue weighted by molar-refractivity contribution is 0.413. The fraction of sp³-hybridized carbons (Fsp3) is 0.182. The molecule has 0 heterocycles. The molecule has 1 atom stereocenters. The Morgan fingerprint density at radius 2 is 1.43 bits per heavy atom. The van der Waals surface area contributed by atoms with E-state index < -0.39 is 16.1 Å². The van der Waals surface area contributed by atoms with Gasteiger partial charge < -0.3 is 9.47 Å². The van der Waals surface area contributed by atoms with Crippen molar-refractivity contribution in [1.82, 2.24) is 4.72 Å². The van der Waals surface area contributed by atoms with Crippen molar-refractivity contribution in [3.8, 4) is 11.5 Å². The van der Waals surface area contributed by atoms with Gasteiger partial charge in [0.25, 0.3) is 0 Å². The van der Waals surface area contributed by atoms with Gasteiger partial charge in [-0.15, -0.1) is 0 Å². The predicted octanol–water partition coefficient (Wildman–Crippen LogP) is 4.08. The maximum absolute atomic E-state index is 13.0. The molecule has 0 bridgehead atoms. The van der Waals surface area contributed by atoms with Gasteiger partial charge in [-0.2, -0.15) is 4.72 Å². The second-order valence-electron chi connectivity index (χ2n) is 6.42. The van der Waals surface area contributed by atoms with Crippen molar-refractivity contribution in [3.05, 3.63) is 89.5 Å². The minimum absolute atomic E-state index is 0.222. The SMILES string of the molecule is COc1ccc([C@@H](NS(=O)(=O)c2ccc(C)cc2)c2cccc(OC)c2)cc1. The summed E-state index contributed by atoms with van der Waals surface area (Å²) in [7, 11) is -0.557. The Kier molecular flexibility index (Phi) is 6.02. The number of hydrogen-bond acceptors (Lipinski definition) is 4. The molecular weight excluding hydrogens is 374 g/mol. The highest BCUT2D eigenvalue weighted by atomic mass is 32.2. The Bertz CT molecular complexity index is 1030. The third-order valence-electron chi connectivity index (χ3n) is 4.48. The van der Waals surface area contributed by atoms with Crippen LogP contribution in [0.1, 0.15) is 22.7 Å². The maximum atomic E-state index is 13.0. The van der Waals surface area contributed by atoms with Gasteiger partial charge >= 0.3 is 0 Å². The molecule has 0 fully saturated rings. The molecule has 3 aromatic carbocycles. The monoisotopic (exact) mass is 397 g/mol. The van der Waals surface area contributed by atoms with E-state index in [-0.39, 0.29) is 4.90 Å². The minimum Gasteiger partial charge on any atom is -0.497 e. The minimum atomic E-state index is -3.73. The first kappa shape index (κ1) is 19.9. The molecule has 3 aromatic rings. The molecular formula is C22H23NO4S. The summed E-state index contributed by atoms with van der Waals surface area (Å²) in [6.45, 7) is 1.92. The molecule has 1 N–H and O–H groups in total. The molecule has 0 saturated carbocycles. The van der Waals surface area contributed by atoms with E-state index in [4.69, 9.17) is 9.47 Å². The van der Waals surface area contributed by atoms with Crippen LogP contribution in [0.25, 0.3) is 0 Å². The summed E-state index contributed by atoms with van der Waals surface area (Å²) >= 11 is 0. The standard InChI is InChI=1S/C22H23NO4S/c1-16-7-13-21(14-8-16)28(24,25)23-22(17-9-11-19(26-2)12-10-17)18-5-4-6-20(15-18)27-3/h4-15,22-23H,1-3H3/t22-/m1/s1. The Balaban J connectivity index is 2.03. The van der Waals surface area contributed by atoms with Crippen LogP contribution in [0, 0.1) is 6.92 Å². The lowest BCUT2D eigenvalue weighted by atomic mass is 9.99. The van der Waals surface area contributed by atoms with Crippen molar-refractivity contribution >= 4 is 10.0 Å². The van der Waals surface area contributed by atoms with Crippen LogP contribution in [0.3, 0.4) is 0 Å². The molecule has 0 aliphatic rings. The lowest BCUT2D eigenvalue weighted by Gasteiger charge is -2.21. The highest BCUT2D eigenvalue weighted by Crippen LogP contribution is 2.28. The fourth-order valence-corrected chi connectivity index (χ4v) is 4.10. The van der Waals surface area contributed by atoms with Crippen molar-refractivity contribution in [3.63, 3.8) is 0 Å². The molecule has 6 heteroatoms. The third-order valence-corrected chi connectivity index (χ3v) is 5.92. The lowest BCUT2D eigenvalue weighted by Crippen LogP contribution is -2.29. The fourth-order valence-electron chi connectivity index (χ4n) is 2.89. The first-order valence-electron chi connectivity index (χ1n) is 8.80. The molecule has 28 heavy (non-hydrogen) atoms. The molecule has 0 spiro atoms. The van der Waals surface area contributed by atoms with Crippen LogP contribution in [0.5, 0.6) is 11.5 Å². The molecule has 0 aliphatic heterocycles. The number of hydrogen-bond donors (Lipinski definition) is 1. The Labute approximate surface area is 166 Å². The van der Waals surface area contributed by atoms with E-state index in [1.807, 2.05) is 55.5 Å². The van der Waals surface area contributed by atoms with Gasteiger partial charge in [0.05, 0.1) is 25.2 Å². The van der Waals surface area contributed by atoms with E-state index in [1.165, 1.54) is 0 Å². The summed E-state index contributed by atoms with van der Waals surface area (Å²) in [5, 5.41) is 0. The number of methoxy groups -OCH3 is 2.